The van der Waals surface area contributed by atoms with E-state index in [1.807, 2.05) is 13.8 Å². The number of nitrogens with two attached hydrogens (primary N) is 1. The van der Waals surface area contributed by atoms with Gasteiger partial charge in [0.15, 0.2) is 0 Å². The van der Waals surface area contributed by atoms with Crippen molar-refractivity contribution in [3.63, 3.8) is 0 Å². The van der Waals surface area contributed by atoms with Crippen molar-refractivity contribution in [3.8, 4) is 5.75 Å². The summed E-state index contributed by atoms with van der Waals surface area (Å²) in [7, 11) is 0. The molecular weight excluding hydrogens is 310 g/mol. The minimum absolute atomic E-state index is 0.0256. The van der Waals surface area contributed by atoms with E-state index in [2.05, 4.69) is 11.8 Å². The lowest BCUT2D eigenvalue weighted by atomic mass is 9.92. The molecule has 0 aliphatic carbocycles. The number of nitrogens with zero attached hydrogens (tertiary/aromatic N) is 2. The Labute approximate surface area is 141 Å². The Kier molecular flexibility index (Phi) is 5.77. The van der Waals surface area contributed by atoms with Crippen molar-refractivity contribution in [2.24, 2.45) is 11.7 Å². The van der Waals surface area contributed by atoms with Crippen molar-refractivity contribution < 1.29 is 14.5 Å². The zero-order chi connectivity index (χ0) is 17.9. The van der Waals surface area contributed by atoms with Gasteiger partial charge in [-0.2, -0.15) is 0 Å². The summed E-state index contributed by atoms with van der Waals surface area (Å²) in [6, 6.07) is 4.94. The first kappa shape index (κ1) is 18.2. The number of non-ortho nitro benzene ring substituents is 1. The molecule has 1 aromatic carbocycles. The SMILES string of the molecule is CC(C)Oc1ccc([N+](=O)[O-])cc1CN1CC(C(N)=O)CCC1C. The lowest BCUT2D eigenvalue weighted by Crippen LogP contribution is -2.45. The maximum atomic E-state index is 11.5. The normalized spacial score (nSPS) is 21.7. The van der Waals surface area contributed by atoms with Crippen molar-refractivity contribution in [2.75, 3.05) is 6.54 Å². The number of nitro groups is 1. The third kappa shape index (κ3) is 4.44. The Morgan fingerprint density at radius 1 is 1.46 bits per heavy atom. The van der Waals surface area contributed by atoms with Crippen molar-refractivity contribution in [1.82, 2.24) is 4.90 Å². The zero-order valence-electron chi connectivity index (χ0n) is 14.4. The fourth-order valence-electron chi connectivity index (χ4n) is 3.02. The Morgan fingerprint density at radius 3 is 2.75 bits per heavy atom. The first-order valence-corrected chi connectivity index (χ1v) is 8.25. The highest BCUT2D eigenvalue weighted by Crippen LogP contribution is 2.30. The predicted molar refractivity (Wildman–Crippen MR) is 90.7 cm³/mol. The van der Waals surface area contributed by atoms with Crippen LogP contribution in [0, 0.1) is 16.0 Å². The summed E-state index contributed by atoms with van der Waals surface area (Å²) >= 11 is 0. The summed E-state index contributed by atoms with van der Waals surface area (Å²) in [4.78, 5) is 24.3. The second-order valence-corrected chi connectivity index (χ2v) is 6.67. The number of amides is 1. The number of benzene rings is 1. The van der Waals surface area contributed by atoms with Gasteiger partial charge in [-0.15, -0.1) is 0 Å². The molecule has 1 heterocycles. The van der Waals surface area contributed by atoms with Gasteiger partial charge in [-0.05, 0) is 39.7 Å². The molecule has 1 saturated heterocycles. The van der Waals surface area contributed by atoms with E-state index in [1.165, 1.54) is 6.07 Å². The van der Waals surface area contributed by atoms with Crippen LogP contribution in [-0.4, -0.2) is 34.4 Å². The number of nitro benzene ring substituents is 1. The van der Waals surface area contributed by atoms with Crippen molar-refractivity contribution in [3.05, 3.63) is 33.9 Å². The first-order chi connectivity index (χ1) is 11.3. The fraction of sp³-hybridized carbons (Fsp3) is 0.588. The predicted octanol–water partition coefficient (Wildman–Crippen LogP) is 2.47. The molecule has 1 aromatic rings. The standard InChI is InChI=1S/C17H25N3O4/c1-11(2)24-16-7-6-15(20(22)23)8-14(16)10-19-9-13(17(18)21)5-4-12(19)3/h6-8,11-13H,4-5,9-10H2,1-3H3,(H2,18,21). The summed E-state index contributed by atoms with van der Waals surface area (Å²) in [5, 5.41) is 11.1. The Bertz CT molecular complexity index is 618. The number of carbonyl (C=O) groups is 1. The lowest BCUT2D eigenvalue weighted by molar-refractivity contribution is -0.385. The van der Waals surface area contributed by atoms with Crippen LogP contribution in [0.2, 0.25) is 0 Å². The Hall–Kier alpha value is -2.15. The second-order valence-electron chi connectivity index (χ2n) is 6.67. The molecule has 1 fully saturated rings. The number of hydrogen-bond acceptors (Lipinski definition) is 5. The fourth-order valence-corrected chi connectivity index (χ4v) is 3.02. The van der Waals surface area contributed by atoms with Gasteiger partial charge in [0.25, 0.3) is 5.69 Å². The minimum Gasteiger partial charge on any atom is -0.491 e. The zero-order valence-corrected chi connectivity index (χ0v) is 14.4. The van der Waals surface area contributed by atoms with Gasteiger partial charge in [-0.25, -0.2) is 0 Å². The van der Waals surface area contributed by atoms with Crippen LogP contribution in [-0.2, 0) is 11.3 Å². The molecule has 7 heteroatoms. The van der Waals surface area contributed by atoms with Crippen molar-refractivity contribution >= 4 is 11.6 Å². The number of carbonyl (C=O) groups excluding carboxylic acids is 1. The quantitative estimate of drug-likeness (QED) is 0.636. The summed E-state index contributed by atoms with van der Waals surface area (Å²) in [5.41, 5.74) is 6.25. The lowest BCUT2D eigenvalue weighted by Gasteiger charge is -2.37. The van der Waals surface area contributed by atoms with E-state index in [-0.39, 0.29) is 29.7 Å². The van der Waals surface area contributed by atoms with E-state index < -0.39 is 4.92 Å². The molecule has 24 heavy (non-hydrogen) atoms. The minimum atomic E-state index is -0.408. The van der Waals surface area contributed by atoms with E-state index >= 15 is 0 Å². The van der Waals surface area contributed by atoms with E-state index in [1.54, 1.807) is 12.1 Å². The van der Waals surface area contributed by atoms with Crippen LogP contribution < -0.4 is 10.5 Å². The van der Waals surface area contributed by atoms with Gasteiger partial charge in [0.1, 0.15) is 5.75 Å². The molecule has 0 radical (unpaired) electrons. The molecule has 1 aliphatic rings. The molecule has 2 atom stereocenters. The molecule has 2 rings (SSSR count). The smallest absolute Gasteiger partial charge is 0.270 e. The molecule has 2 N–H and O–H groups in total. The highest BCUT2D eigenvalue weighted by atomic mass is 16.6. The molecular formula is C17H25N3O4. The number of likely N-dealkylation sites (tertiary alicyclic amines) is 1. The van der Waals surface area contributed by atoms with E-state index in [4.69, 9.17) is 10.5 Å². The van der Waals surface area contributed by atoms with Gasteiger partial charge in [0.05, 0.1) is 16.9 Å². The molecule has 0 aromatic heterocycles. The average molecular weight is 335 g/mol. The van der Waals surface area contributed by atoms with Gasteiger partial charge in [0, 0.05) is 36.8 Å². The molecule has 1 amide bonds. The monoisotopic (exact) mass is 335 g/mol. The van der Waals surface area contributed by atoms with Crippen LogP contribution in [0.25, 0.3) is 0 Å². The largest absolute Gasteiger partial charge is 0.491 e. The van der Waals surface area contributed by atoms with Crippen LogP contribution in [0.15, 0.2) is 18.2 Å². The molecule has 1 aliphatic heterocycles. The summed E-state index contributed by atoms with van der Waals surface area (Å²) in [6.07, 6.45) is 1.64. The third-order valence-corrected chi connectivity index (χ3v) is 4.40. The molecule has 0 bridgehead atoms. The number of rotatable bonds is 6. The average Bonchev–Trinajstić information content (AvgIpc) is 2.50. The maximum Gasteiger partial charge on any atom is 0.270 e. The van der Waals surface area contributed by atoms with Crippen LogP contribution in [0.5, 0.6) is 5.75 Å². The third-order valence-electron chi connectivity index (χ3n) is 4.40. The first-order valence-electron chi connectivity index (χ1n) is 8.25. The van der Waals surface area contributed by atoms with Gasteiger partial charge < -0.3 is 10.5 Å². The molecule has 7 nitrogen and oxygen atoms in total. The van der Waals surface area contributed by atoms with Crippen LogP contribution >= 0.6 is 0 Å². The van der Waals surface area contributed by atoms with Crippen LogP contribution in [0.3, 0.4) is 0 Å². The van der Waals surface area contributed by atoms with Gasteiger partial charge in [0.2, 0.25) is 5.91 Å². The van der Waals surface area contributed by atoms with Crippen molar-refractivity contribution in [1.29, 1.82) is 0 Å². The molecule has 0 spiro atoms. The number of ether oxygens (including phenoxy) is 1. The molecule has 0 saturated carbocycles. The van der Waals surface area contributed by atoms with E-state index in [0.717, 1.165) is 18.4 Å². The maximum absolute atomic E-state index is 11.5. The highest BCUT2D eigenvalue weighted by Gasteiger charge is 2.29. The van der Waals surface area contributed by atoms with E-state index in [9.17, 15) is 14.9 Å². The number of primary amides is 1. The Morgan fingerprint density at radius 2 is 2.17 bits per heavy atom. The number of piperidine rings is 1. The molecule has 2 unspecified atom stereocenters. The summed E-state index contributed by atoms with van der Waals surface area (Å²) < 4.78 is 5.79. The highest BCUT2D eigenvalue weighted by molar-refractivity contribution is 5.77. The summed E-state index contributed by atoms with van der Waals surface area (Å²) in [5.74, 6) is 0.183. The van der Waals surface area contributed by atoms with Crippen molar-refractivity contribution in [2.45, 2.75) is 52.3 Å². The number of hydrogen-bond donors (Lipinski definition) is 1. The van der Waals surface area contributed by atoms with Gasteiger partial charge in [-0.3, -0.25) is 19.8 Å². The topological polar surface area (TPSA) is 98.7 Å². The molecule has 132 valence electrons. The summed E-state index contributed by atoms with van der Waals surface area (Å²) in [6.45, 7) is 6.99. The van der Waals surface area contributed by atoms with Gasteiger partial charge in [-0.1, -0.05) is 0 Å². The van der Waals surface area contributed by atoms with Crippen LogP contribution in [0.4, 0.5) is 5.69 Å². The van der Waals surface area contributed by atoms with E-state index in [0.29, 0.717) is 18.8 Å². The van der Waals surface area contributed by atoms with Gasteiger partial charge >= 0.3 is 0 Å². The second kappa shape index (κ2) is 7.61. The Balaban J connectivity index is 2.26. The van der Waals surface area contributed by atoms with Crippen LogP contribution in [0.1, 0.15) is 39.2 Å².